The molecule has 0 spiro atoms. The smallest absolute Gasteiger partial charge is 0.344 e. The molecule has 0 saturated heterocycles. The van der Waals surface area contributed by atoms with Gasteiger partial charge in [-0.2, -0.15) is 0 Å². The van der Waals surface area contributed by atoms with Crippen molar-refractivity contribution in [2.45, 2.75) is 19.8 Å². The minimum atomic E-state index is -0.895. The van der Waals surface area contributed by atoms with Crippen molar-refractivity contribution in [2.24, 2.45) is 5.73 Å². The molecule has 6 heteroatoms. The third-order valence-electron chi connectivity index (χ3n) is 2.34. The topological polar surface area (TPSA) is 78.6 Å². The number of benzene rings is 1. The number of halogens is 1. The van der Waals surface area contributed by atoms with Crippen LogP contribution in [-0.4, -0.2) is 25.1 Å². The molecule has 1 amide bonds. The Morgan fingerprint density at radius 3 is 2.74 bits per heavy atom. The average molecular weight is 269 g/mol. The molecule has 0 saturated carbocycles. The van der Waals surface area contributed by atoms with E-state index < -0.39 is 24.3 Å². The average Bonchev–Trinajstić information content (AvgIpc) is 2.37. The molecule has 0 aliphatic carbocycles. The number of hydrogen-bond acceptors (Lipinski definition) is 4. The SMILES string of the molecule is CCCCOC(=O)COc1cccc(C(N)=O)c1F. The minimum absolute atomic E-state index is 0.205. The number of esters is 1. The second-order valence-corrected chi connectivity index (χ2v) is 3.84. The maximum Gasteiger partial charge on any atom is 0.344 e. The van der Waals surface area contributed by atoms with Crippen LogP contribution in [0.4, 0.5) is 4.39 Å². The van der Waals surface area contributed by atoms with E-state index in [1.165, 1.54) is 18.2 Å². The van der Waals surface area contributed by atoms with Crippen LogP contribution in [0.15, 0.2) is 18.2 Å². The molecule has 2 N–H and O–H groups in total. The number of primary amides is 1. The lowest BCUT2D eigenvalue weighted by Crippen LogP contribution is -2.17. The Balaban J connectivity index is 2.56. The highest BCUT2D eigenvalue weighted by atomic mass is 19.1. The Morgan fingerprint density at radius 1 is 1.37 bits per heavy atom. The lowest BCUT2D eigenvalue weighted by molar-refractivity contribution is -0.146. The number of rotatable bonds is 7. The molecule has 1 aromatic carbocycles. The number of amides is 1. The summed E-state index contributed by atoms with van der Waals surface area (Å²) in [4.78, 5) is 22.2. The summed E-state index contributed by atoms with van der Waals surface area (Å²) in [7, 11) is 0. The third kappa shape index (κ3) is 4.57. The van der Waals surface area contributed by atoms with E-state index in [-0.39, 0.29) is 11.3 Å². The van der Waals surface area contributed by atoms with Gasteiger partial charge in [-0.3, -0.25) is 4.79 Å². The summed E-state index contributed by atoms with van der Waals surface area (Å²) < 4.78 is 23.5. The van der Waals surface area contributed by atoms with Crippen molar-refractivity contribution in [3.8, 4) is 5.75 Å². The first-order valence-corrected chi connectivity index (χ1v) is 5.93. The zero-order valence-electron chi connectivity index (χ0n) is 10.6. The highest BCUT2D eigenvalue weighted by molar-refractivity contribution is 5.93. The number of hydrogen-bond donors (Lipinski definition) is 1. The summed E-state index contributed by atoms with van der Waals surface area (Å²) in [6.07, 6.45) is 1.67. The summed E-state index contributed by atoms with van der Waals surface area (Å²) in [5.41, 5.74) is 4.71. The number of carbonyl (C=O) groups excluding carboxylic acids is 2. The molecule has 0 unspecified atom stereocenters. The van der Waals surface area contributed by atoms with E-state index in [0.29, 0.717) is 6.61 Å². The van der Waals surface area contributed by atoms with Crippen LogP contribution < -0.4 is 10.5 Å². The normalized spacial score (nSPS) is 10.0. The maximum atomic E-state index is 13.7. The molecule has 0 aliphatic heterocycles. The molecule has 104 valence electrons. The molecule has 1 rings (SSSR count). The van der Waals surface area contributed by atoms with Crippen LogP contribution in [0, 0.1) is 5.82 Å². The molecular formula is C13H16FNO4. The van der Waals surface area contributed by atoms with Crippen LogP contribution in [0.2, 0.25) is 0 Å². The Kier molecular flexibility index (Phi) is 5.78. The highest BCUT2D eigenvalue weighted by Gasteiger charge is 2.14. The summed E-state index contributed by atoms with van der Waals surface area (Å²) in [5.74, 6) is -2.56. The lowest BCUT2D eigenvalue weighted by Gasteiger charge is -2.08. The summed E-state index contributed by atoms with van der Waals surface area (Å²) in [6.45, 7) is 1.86. The quantitative estimate of drug-likeness (QED) is 0.603. The van der Waals surface area contributed by atoms with Gasteiger partial charge in [0.05, 0.1) is 12.2 Å². The molecule has 0 fully saturated rings. The maximum absolute atomic E-state index is 13.7. The van der Waals surface area contributed by atoms with Crippen molar-refractivity contribution >= 4 is 11.9 Å². The first-order valence-electron chi connectivity index (χ1n) is 5.93. The van der Waals surface area contributed by atoms with Crippen molar-refractivity contribution in [3.05, 3.63) is 29.6 Å². The lowest BCUT2D eigenvalue weighted by atomic mass is 10.2. The standard InChI is InChI=1S/C13H16FNO4/c1-2-3-7-18-11(16)8-19-10-6-4-5-9(12(10)14)13(15)17/h4-6H,2-3,7-8H2,1H3,(H2,15,17). The monoisotopic (exact) mass is 269 g/mol. The van der Waals surface area contributed by atoms with Gasteiger partial charge in [0, 0.05) is 0 Å². The van der Waals surface area contributed by atoms with Crippen molar-refractivity contribution in [2.75, 3.05) is 13.2 Å². The molecule has 0 aliphatic rings. The Hall–Kier alpha value is -2.11. The van der Waals surface area contributed by atoms with E-state index in [0.717, 1.165) is 12.8 Å². The Labute approximate surface area is 110 Å². The van der Waals surface area contributed by atoms with E-state index in [1.807, 2.05) is 6.92 Å². The molecule has 0 heterocycles. The van der Waals surface area contributed by atoms with Crippen molar-refractivity contribution in [1.29, 1.82) is 0 Å². The van der Waals surface area contributed by atoms with Crippen LogP contribution in [-0.2, 0) is 9.53 Å². The minimum Gasteiger partial charge on any atom is -0.479 e. The van der Waals surface area contributed by atoms with Gasteiger partial charge in [0.25, 0.3) is 5.91 Å². The Morgan fingerprint density at radius 2 is 2.11 bits per heavy atom. The molecular weight excluding hydrogens is 253 g/mol. The fourth-order valence-electron chi connectivity index (χ4n) is 1.32. The van der Waals surface area contributed by atoms with Gasteiger partial charge >= 0.3 is 5.97 Å². The summed E-state index contributed by atoms with van der Waals surface area (Å²) in [5, 5.41) is 0. The van der Waals surface area contributed by atoms with Crippen LogP contribution >= 0.6 is 0 Å². The van der Waals surface area contributed by atoms with Crippen LogP contribution in [0.1, 0.15) is 30.1 Å². The summed E-state index contributed by atoms with van der Waals surface area (Å²) in [6, 6.07) is 3.96. The van der Waals surface area contributed by atoms with Gasteiger partial charge in [0.1, 0.15) is 0 Å². The fourth-order valence-corrected chi connectivity index (χ4v) is 1.32. The van der Waals surface area contributed by atoms with Gasteiger partial charge in [-0.25, -0.2) is 9.18 Å². The predicted octanol–water partition coefficient (Wildman–Crippen LogP) is 1.65. The van der Waals surface area contributed by atoms with Crippen molar-refractivity contribution in [1.82, 2.24) is 0 Å². The van der Waals surface area contributed by atoms with Gasteiger partial charge in [-0.15, -0.1) is 0 Å². The Bertz CT molecular complexity index is 462. The van der Waals surface area contributed by atoms with Crippen LogP contribution in [0.25, 0.3) is 0 Å². The second kappa shape index (κ2) is 7.35. The molecule has 5 nitrogen and oxygen atoms in total. The van der Waals surface area contributed by atoms with Gasteiger partial charge in [-0.05, 0) is 18.6 Å². The molecule has 0 radical (unpaired) electrons. The van der Waals surface area contributed by atoms with E-state index in [4.69, 9.17) is 15.2 Å². The number of carbonyl (C=O) groups is 2. The second-order valence-electron chi connectivity index (χ2n) is 3.84. The number of ether oxygens (including phenoxy) is 2. The van der Waals surface area contributed by atoms with E-state index in [1.54, 1.807) is 0 Å². The molecule has 0 atom stereocenters. The molecule has 1 aromatic rings. The van der Waals surface area contributed by atoms with E-state index in [9.17, 15) is 14.0 Å². The zero-order valence-corrected chi connectivity index (χ0v) is 10.6. The number of unbranched alkanes of at least 4 members (excludes halogenated alkanes) is 1. The van der Waals surface area contributed by atoms with Crippen LogP contribution in [0.5, 0.6) is 5.75 Å². The molecule has 0 aromatic heterocycles. The van der Waals surface area contributed by atoms with Gasteiger partial charge in [0.15, 0.2) is 18.2 Å². The highest BCUT2D eigenvalue weighted by Crippen LogP contribution is 2.20. The molecule has 0 bridgehead atoms. The fraction of sp³-hybridized carbons (Fsp3) is 0.385. The first kappa shape index (κ1) is 14.9. The third-order valence-corrected chi connectivity index (χ3v) is 2.34. The largest absolute Gasteiger partial charge is 0.479 e. The first-order chi connectivity index (χ1) is 9.06. The van der Waals surface area contributed by atoms with Gasteiger partial charge in [-0.1, -0.05) is 19.4 Å². The van der Waals surface area contributed by atoms with E-state index >= 15 is 0 Å². The van der Waals surface area contributed by atoms with Gasteiger partial charge in [0.2, 0.25) is 0 Å². The number of nitrogens with two attached hydrogens (primary N) is 1. The summed E-state index contributed by atoms with van der Waals surface area (Å²) >= 11 is 0. The molecule has 19 heavy (non-hydrogen) atoms. The van der Waals surface area contributed by atoms with Crippen molar-refractivity contribution in [3.63, 3.8) is 0 Å². The predicted molar refractivity (Wildman–Crippen MR) is 66.3 cm³/mol. The van der Waals surface area contributed by atoms with Gasteiger partial charge < -0.3 is 15.2 Å². The van der Waals surface area contributed by atoms with E-state index in [2.05, 4.69) is 0 Å². The zero-order chi connectivity index (χ0) is 14.3. The van der Waals surface area contributed by atoms with Crippen LogP contribution in [0.3, 0.4) is 0 Å². The van der Waals surface area contributed by atoms with Crippen molar-refractivity contribution < 1.29 is 23.5 Å².